The van der Waals surface area contributed by atoms with E-state index in [1.54, 1.807) is 31.2 Å². The van der Waals surface area contributed by atoms with Crippen LogP contribution in [0.4, 0.5) is 0 Å². The van der Waals surface area contributed by atoms with Crippen molar-refractivity contribution in [3.63, 3.8) is 0 Å². The predicted molar refractivity (Wildman–Crippen MR) is 114 cm³/mol. The maximum atomic E-state index is 12.9. The third-order valence-electron chi connectivity index (χ3n) is 4.16. The molecule has 2 amide bonds. The highest BCUT2D eigenvalue weighted by Gasteiger charge is 2.26. The Kier molecular flexibility index (Phi) is 8.80. The highest BCUT2D eigenvalue weighted by Crippen LogP contribution is 2.17. The van der Waals surface area contributed by atoms with E-state index in [4.69, 9.17) is 16.3 Å². The van der Waals surface area contributed by atoms with Gasteiger partial charge < -0.3 is 15.0 Å². The summed E-state index contributed by atoms with van der Waals surface area (Å²) < 4.78 is 6.54. The van der Waals surface area contributed by atoms with E-state index >= 15 is 0 Å². The molecule has 2 rings (SSSR count). The number of carbonyl (C=O) groups is 2. The smallest absolute Gasteiger partial charge is 0.261 e. The van der Waals surface area contributed by atoms with Crippen LogP contribution in [0.2, 0.25) is 5.02 Å². The van der Waals surface area contributed by atoms with Crippen molar-refractivity contribution in [2.24, 2.45) is 0 Å². The average molecular weight is 468 g/mol. The van der Waals surface area contributed by atoms with Crippen LogP contribution in [0, 0.1) is 0 Å². The molecule has 0 saturated heterocycles. The lowest BCUT2D eigenvalue weighted by molar-refractivity contribution is -0.142. The van der Waals surface area contributed by atoms with Gasteiger partial charge in [0.25, 0.3) is 5.91 Å². The van der Waals surface area contributed by atoms with Crippen LogP contribution in [0.5, 0.6) is 5.75 Å². The molecule has 1 atom stereocenters. The van der Waals surface area contributed by atoms with Crippen molar-refractivity contribution in [3.8, 4) is 5.75 Å². The predicted octanol–water partition coefficient (Wildman–Crippen LogP) is 4.42. The molecule has 1 unspecified atom stereocenters. The van der Waals surface area contributed by atoms with Crippen LogP contribution >= 0.6 is 27.5 Å². The zero-order valence-corrected chi connectivity index (χ0v) is 18.3. The molecule has 0 aliphatic rings. The Balaban J connectivity index is 2.10. The van der Waals surface area contributed by atoms with E-state index in [9.17, 15) is 9.59 Å². The number of benzene rings is 2. The first-order valence-corrected chi connectivity index (χ1v) is 10.3. The number of ether oxygens (including phenoxy) is 1. The fraction of sp³-hybridized carbons (Fsp3) is 0.333. The van der Waals surface area contributed by atoms with Crippen molar-refractivity contribution >= 4 is 39.3 Å². The van der Waals surface area contributed by atoms with Gasteiger partial charge in [-0.2, -0.15) is 0 Å². The van der Waals surface area contributed by atoms with Crippen molar-refractivity contribution in [1.82, 2.24) is 10.2 Å². The van der Waals surface area contributed by atoms with Gasteiger partial charge in [-0.3, -0.25) is 9.59 Å². The fourth-order valence-electron chi connectivity index (χ4n) is 2.52. The molecule has 0 spiro atoms. The highest BCUT2D eigenvalue weighted by atomic mass is 79.9. The molecule has 0 saturated carbocycles. The molecule has 0 aliphatic carbocycles. The zero-order valence-electron chi connectivity index (χ0n) is 16.0. The van der Waals surface area contributed by atoms with Gasteiger partial charge in [0.1, 0.15) is 11.8 Å². The number of nitrogens with one attached hydrogen (secondary N) is 1. The van der Waals surface area contributed by atoms with E-state index in [0.29, 0.717) is 23.9 Å². The summed E-state index contributed by atoms with van der Waals surface area (Å²) in [6.45, 7) is 4.44. The van der Waals surface area contributed by atoms with Crippen molar-refractivity contribution in [2.75, 3.05) is 13.2 Å². The molecule has 150 valence electrons. The first kappa shape index (κ1) is 22.2. The largest absolute Gasteiger partial charge is 0.484 e. The van der Waals surface area contributed by atoms with E-state index in [1.807, 2.05) is 31.2 Å². The summed E-state index contributed by atoms with van der Waals surface area (Å²) >= 11 is 9.27. The van der Waals surface area contributed by atoms with Crippen LogP contribution in [0.25, 0.3) is 0 Å². The number of hydrogen-bond acceptors (Lipinski definition) is 3. The van der Waals surface area contributed by atoms with Gasteiger partial charge >= 0.3 is 0 Å². The zero-order chi connectivity index (χ0) is 20.5. The van der Waals surface area contributed by atoms with Crippen molar-refractivity contribution in [2.45, 2.75) is 32.9 Å². The molecule has 2 aromatic rings. The number of amides is 2. The van der Waals surface area contributed by atoms with Crippen LogP contribution in [0.1, 0.15) is 25.8 Å². The first-order valence-electron chi connectivity index (χ1n) is 9.10. The quantitative estimate of drug-likeness (QED) is 0.594. The Morgan fingerprint density at radius 2 is 1.79 bits per heavy atom. The Morgan fingerprint density at radius 3 is 2.39 bits per heavy atom. The van der Waals surface area contributed by atoms with E-state index in [-0.39, 0.29) is 18.4 Å². The molecule has 7 heteroatoms. The minimum atomic E-state index is -0.614. The standard InChI is InChI=1S/C21H24BrClN2O3/c1-3-12-24-21(27)15(2)25(13-16-4-6-17(22)7-5-16)20(26)14-28-19-10-8-18(23)9-11-19/h4-11,15H,3,12-14H2,1-2H3,(H,24,27). The normalized spacial score (nSPS) is 11.6. The molecule has 0 heterocycles. The Bertz CT molecular complexity index is 781. The van der Waals surface area contributed by atoms with Gasteiger partial charge in [0.15, 0.2) is 6.61 Å². The van der Waals surface area contributed by atoms with E-state index < -0.39 is 6.04 Å². The number of hydrogen-bond donors (Lipinski definition) is 1. The van der Waals surface area contributed by atoms with E-state index in [1.165, 1.54) is 4.90 Å². The van der Waals surface area contributed by atoms with Gasteiger partial charge in [0.05, 0.1) is 0 Å². The maximum Gasteiger partial charge on any atom is 0.261 e. The van der Waals surface area contributed by atoms with E-state index in [2.05, 4.69) is 21.2 Å². The van der Waals surface area contributed by atoms with Gasteiger partial charge in [-0.15, -0.1) is 0 Å². The van der Waals surface area contributed by atoms with E-state index in [0.717, 1.165) is 16.5 Å². The van der Waals surface area contributed by atoms with Crippen LogP contribution in [-0.2, 0) is 16.1 Å². The number of rotatable bonds is 9. The Morgan fingerprint density at radius 1 is 1.14 bits per heavy atom. The second kappa shape index (κ2) is 11.1. The fourth-order valence-corrected chi connectivity index (χ4v) is 2.91. The number of halogens is 2. The summed E-state index contributed by atoms with van der Waals surface area (Å²) in [5, 5.41) is 3.44. The topological polar surface area (TPSA) is 58.6 Å². The Hall–Kier alpha value is -2.05. The third kappa shape index (κ3) is 6.84. The summed E-state index contributed by atoms with van der Waals surface area (Å²) in [7, 11) is 0. The molecule has 0 fully saturated rings. The molecule has 1 N–H and O–H groups in total. The molecule has 2 aromatic carbocycles. The maximum absolute atomic E-state index is 12.9. The third-order valence-corrected chi connectivity index (χ3v) is 4.94. The van der Waals surface area contributed by atoms with Gasteiger partial charge in [-0.05, 0) is 55.3 Å². The summed E-state index contributed by atoms with van der Waals surface area (Å²) in [6.07, 6.45) is 0.832. The molecule has 0 radical (unpaired) electrons. The number of nitrogens with zero attached hydrogens (tertiary/aromatic N) is 1. The van der Waals surface area contributed by atoms with Crippen molar-refractivity contribution in [1.29, 1.82) is 0 Å². The molecule has 5 nitrogen and oxygen atoms in total. The van der Waals surface area contributed by atoms with Crippen LogP contribution < -0.4 is 10.1 Å². The molecule has 0 bridgehead atoms. The second-order valence-corrected chi connectivity index (χ2v) is 7.71. The minimum Gasteiger partial charge on any atom is -0.484 e. The minimum absolute atomic E-state index is 0.163. The van der Waals surface area contributed by atoms with Gasteiger partial charge in [-0.25, -0.2) is 0 Å². The van der Waals surface area contributed by atoms with Crippen molar-refractivity contribution in [3.05, 3.63) is 63.6 Å². The van der Waals surface area contributed by atoms with Crippen LogP contribution in [0.15, 0.2) is 53.0 Å². The van der Waals surface area contributed by atoms with Crippen LogP contribution in [0.3, 0.4) is 0 Å². The van der Waals surface area contributed by atoms with Gasteiger partial charge in [0.2, 0.25) is 5.91 Å². The molecular formula is C21H24BrClN2O3. The van der Waals surface area contributed by atoms with Gasteiger partial charge in [0, 0.05) is 22.6 Å². The van der Waals surface area contributed by atoms with Gasteiger partial charge in [-0.1, -0.05) is 46.6 Å². The summed E-state index contributed by atoms with van der Waals surface area (Å²) in [4.78, 5) is 26.8. The summed E-state index contributed by atoms with van der Waals surface area (Å²) in [5.74, 6) is 0.0975. The Labute approximate surface area is 179 Å². The molecular weight excluding hydrogens is 444 g/mol. The molecule has 0 aromatic heterocycles. The lowest BCUT2D eigenvalue weighted by Gasteiger charge is -2.28. The summed E-state index contributed by atoms with van der Waals surface area (Å²) in [6, 6.07) is 13.8. The second-order valence-electron chi connectivity index (χ2n) is 6.36. The van der Waals surface area contributed by atoms with Crippen LogP contribution in [-0.4, -0.2) is 35.9 Å². The van der Waals surface area contributed by atoms with Crippen molar-refractivity contribution < 1.29 is 14.3 Å². The molecule has 0 aliphatic heterocycles. The number of carbonyl (C=O) groups excluding carboxylic acids is 2. The lowest BCUT2D eigenvalue weighted by Crippen LogP contribution is -2.49. The highest BCUT2D eigenvalue weighted by molar-refractivity contribution is 9.10. The average Bonchev–Trinajstić information content (AvgIpc) is 2.70. The monoisotopic (exact) mass is 466 g/mol. The summed E-state index contributed by atoms with van der Waals surface area (Å²) in [5.41, 5.74) is 0.929. The first-order chi connectivity index (χ1) is 13.4. The SMILES string of the molecule is CCCNC(=O)C(C)N(Cc1ccc(Br)cc1)C(=O)COc1ccc(Cl)cc1. The molecule has 28 heavy (non-hydrogen) atoms. The lowest BCUT2D eigenvalue weighted by atomic mass is 10.1.